The van der Waals surface area contributed by atoms with Crippen LogP contribution in [0.1, 0.15) is 0 Å². The second-order valence-electron chi connectivity index (χ2n) is 6.37. The van der Waals surface area contributed by atoms with Crippen LogP contribution in [0, 0.1) is 0 Å². The van der Waals surface area contributed by atoms with Crippen molar-refractivity contribution in [1.29, 1.82) is 0 Å². The van der Waals surface area contributed by atoms with E-state index in [0.29, 0.717) is 5.88 Å². The van der Waals surface area contributed by atoms with Crippen molar-refractivity contribution < 1.29 is 4.74 Å². The fourth-order valence-corrected chi connectivity index (χ4v) is 4.11. The van der Waals surface area contributed by atoms with Crippen molar-refractivity contribution in [3.8, 4) is 33.2 Å². The van der Waals surface area contributed by atoms with Crippen LogP contribution in [0.4, 0.5) is 0 Å². The second-order valence-corrected chi connectivity index (χ2v) is 7.40. The summed E-state index contributed by atoms with van der Waals surface area (Å²) in [4.78, 5) is 10.8. The van der Waals surface area contributed by atoms with E-state index in [9.17, 15) is 0 Å². The number of hydrogen-bond acceptors (Lipinski definition) is 4. The van der Waals surface area contributed by atoms with Crippen LogP contribution in [0.5, 0.6) is 11.6 Å². The van der Waals surface area contributed by atoms with E-state index in [-0.39, 0.29) is 0 Å². The number of fused-ring (bicyclic) bond motifs is 1. The molecule has 2 heterocycles. The van der Waals surface area contributed by atoms with Gasteiger partial charge in [-0.1, -0.05) is 72.8 Å². The summed E-state index contributed by atoms with van der Waals surface area (Å²) in [5.41, 5.74) is 3.51. The Hall–Kier alpha value is -3.50. The van der Waals surface area contributed by atoms with E-state index >= 15 is 0 Å². The van der Waals surface area contributed by atoms with Gasteiger partial charge in [-0.15, -0.1) is 11.3 Å². The maximum Gasteiger partial charge on any atom is 0.231 e. The number of ether oxygens (including phenoxy) is 1. The van der Waals surface area contributed by atoms with Crippen molar-refractivity contribution in [2.75, 3.05) is 0 Å². The highest BCUT2D eigenvalue weighted by Gasteiger charge is 2.12. The number of rotatable bonds is 4. The second kappa shape index (κ2) is 7.25. The number of thiophene rings is 1. The third kappa shape index (κ3) is 3.26. The van der Waals surface area contributed by atoms with E-state index in [0.717, 1.165) is 26.4 Å². The first-order valence-corrected chi connectivity index (χ1v) is 9.82. The Kier molecular flexibility index (Phi) is 4.31. The average Bonchev–Trinajstić information content (AvgIpc) is 3.21. The molecule has 2 aromatic heterocycles. The Morgan fingerprint density at radius 3 is 2.00 bits per heavy atom. The summed E-state index contributed by atoms with van der Waals surface area (Å²) in [5.74, 6) is 1.34. The topological polar surface area (TPSA) is 35.0 Å². The van der Waals surface area contributed by atoms with Crippen molar-refractivity contribution in [2.24, 2.45) is 0 Å². The molecule has 0 saturated heterocycles. The van der Waals surface area contributed by atoms with Gasteiger partial charge in [0.2, 0.25) is 5.88 Å². The molecule has 3 aromatic carbocycles. The summed E-state index contributed by atoms with van der Waals surface area (Å²) in [6, 6.07) is 30.8. The molecule has 0 saturated carbocycles. The first kappa shape index (κ1) is 16.7. The minimum atomic E-state index is 0.580. The lowest BCUT2D eigenvalue weighted by Gasteiger charge is -2.07. The lowest BCUT2D eigenvalue weighted by molar-refractivity contribution is 0.468. The highest BCUT2D eigenvalue weighted by Crippen LogP contribution is 2.37. The van der Waals surface area contributed by atoms with Crippen LogP contribution < -0.4 is 4.74 Å². The normalized spacial score (nSPS) is 10.9. The SMILES string of the molecule is c1ccc(-c2ccc(Oc3ncnc4sc(-c5ccccc5)cc34)cc2)cc1. The van der Waals surface area contributed by atoms with E-state index in [1.807, 2.05) is 48.5 Å². The number of benzene rings is 3. The summed E-state index contributed by atoms with van der Waals surface area (Å²) >= 11 is 1.64. The van der Waals surface area contributed by atoms with Crippen LogP contribution in [0.2, 0.25) is 0 Å². The summed E-state index contributed by atoms with van der Waals surface area (Å²) in [6.45, 7) is 0. The van der Waals surface area contributed by atoms with E-state index in [2.05, 4.69) is 52.4 Å². The van der Waals surface area contributed by atoms with Gasteiger partial charge in [-0.25, -0.2) is 9.97 Å². The maximum absolute atomic E-state index is 6.09. The quantitative estimate of drug-likeness (QED) is 0.343. The molecule has 0 aliphatic heterocycles. The third-order valence-corrected chi connectivity index (χ3v) is 5.62. The molecule has 5 rings (SSSR count). The molecule has 0 aliphatic rings. The summed E-state index contributed by atoms with van der Waals surface area (Å²) in [6.07, 6.45) is 1.56. The van der Waals surface area contributed by atoms with Crippen molar-refractivity contribution in [3.63, 3.8) is 0 Å². The van der Waals surface area contributed by atoms with Gasteiger partial charge >= 0.3 is 0 Å². The van der Waals surface area contributed by atoms with Gasteiger partial charge in [0.15, 0.2) is 0 Å². The predicted octanol–water partition coefficient (Wildman–Crippen LogP) is 6.82. The molecule has 134 valence electrons. The summed E-state index contributed by atoms with van der Waals surface area (Å²) < 4.78 is 6.09. The molecular weight excluding hydrogens is 364 g/mol. The lowest BCUT2D eigenvalue weighted by Crippen LogP contribution is -1.89. The van der Waals surface area contributed by atoms with Crippen molar-refractivity contribution >= 4 is 21.6 Å². The first-order chi connectivity index (χ1) is 13.9. The highest BCUT2D eigenvalue weighted by molar-refractivity contribution is 7.21. The fraction of sp³-hybridized carbons (Fsp3) is 0. The van der Waals surface area contributed by atoms with E-state index in [4.69, 9.17) is 4.74 Å². The Morgan fingerprint density at radius 1 is 0.643 bits per heavy atom. The lowest BCUT2D eigenvalue weighted by atomic mass is 10.1. The molecule has 0 spiro atoms. The van der Waals surface area contributed by atoms with Crippen LogP contribution in [-0.4, -0.2) is 9.97 Å². The zero-order valence-electron chi connectivity index (χ0n) is 14.9. The summed E-state index contributed by atoms with van der Waals surface area (Å²) in [7, 11) is 0. The van der Waals surface area contributed by atoms with E-state index in [1.54, 1.807) is 17.7 Å². The summed E-state index contributed by atoms with van der Waals surface area (Å²) in [5, 5.41) is 0.929. The van der Waals surface area contributed by atoms with Crippen molar-refractivity contribution in [2.45, 2.75) is 0 Å². The molecule has 5 aromatic rings. The Balaban J connectivity index is 1.46. The van der Waals surface area contributed by atoms with Crippen LogP contribution in [0.3, 0.4) is 0 Å². The number of nitrogens with zero attached hydrogens (tertiary/aromatic N) is 2. The van der Waals surface area contributed by atoms with Gasteiger partial charge in [0.1, 0.15) is 16.9 Å². The zero-order chi connectivity index (χ0) is 18.8. The first-order valence-electron chi connectivity index (χ1n) is 9.00. The highest BCUT2D eigenvalue weighted by atomic mass is 32.1. The standard InChI is InChI=1S/C24H16N2OS/c1-3-7-17(8-4-1)18-11-13-20(14-12-18)27-23-21-15-22(19-9-5-2-6-10-19)28-24(21)26-16-25-23/h1-16H. The van der Waals surface area contributed by atoms with Gasteiger partial charge in [-0.05, 0) is 34.9 Å². The van der Waals surface area contributed by atoms with Gasteiger partial charge in [0, 0.05) is 4.88 Å². The number of hydrogen-bond donors (Lipinski definition) is 0. The van der Waals surface area contributed by atoms with Crippen LogP contribution in [0.25, 0.3) is 31.8 Å². The third-order valence-electron chi connectivity index (χ3n) is 4.53. The molecule has 28 heavy (non-hydrogen) atoms. The largest absolute Gasteiger partial charge is 0.438 e. The van der Waals surface area contributed by atoms with Gasteiger partial charge in [-0.2, -0.15) is 0 Å². The molecule has 0 amide bonds. The molecule has 0 bridgehead atoms. The minimum Gasteiger partial charge on any atom is -0.438 e. The van der Waals surface area contributed by atoms with Gasteiger partial charge in [-0.3, -0.25) is 0 Å². The average molecular weight is 380 g/mol. The molecule has 0 aliphatic carbocycles. The van der Waals surface area contributed by atoms with Gasteiger partial charge < -0.3 is 4.74 Å². The molecule has 3 nitrogen and oxygen atoms in total. The molecular formula is C24H16N2OS. The smallest absolute Gasteiger partial charge is 0.231 e. The van der Waals surface area contributed by atoms with Crippen molar-refractivity contribution in [1.82, 2.24) is 9.97 Å². The Bertz CT molecular complexity index is 1220. The molecule has 0 atom stereocenters. The monoisotopic (exact) mass is 380 g/mol. The Morgan fingerprint density at radius 2 is 1.29 bits per heavy atom. The van der Waals surface area contributed by atoms with Crippen molar-refractivity contribution in [3.05, 3.63) is 97.3 Å². The number of aromatic nitrogens is 2. The van der Waals surface area contributed by atoms with E-state index < -0.39 is 0 Å². The minimum absolute atomic E-state index is 0.580. The van der Waals surface area contributed by atoms with Gasteiger partial charge in [0.25, 0.3) is 0 Å². The molecule has 0 unspecified atom stereocenters. The van der Waals surface area contributed by atoms with E-state index in [1.165, 1.54) is 11.1 Å². The van der Waals surface area contributed by atoms with Crippen LogP contribution >= 0.6 is 11.3 Å². The predicted molar refractivity (Wildman–Crippen MR) is 115 cm³/mol. The molecule has 0 N–H and O–H groups in total. The van der Waals surface area contributed by atoms with Gasteiger partial charge in [0.05, 0.1) is 5.39 Å². The van der Waals surface area contributed by atoms with Crippen LogP contribution in [0.15, 0.2) is 97.3 Å². The molecule has 4 heteroatoms. The van der Waals surface area contributed by atoms with Crippen LogP contribution in [-0.2, 0) is 0 Å². The maximum atomic E-state index is 6.09. The fourth-order valence-electron chi connectivity index (χ4n) is 3.12. The Labute approximate surface area is 166 Å². The molecule has 0 radical (unpaired) electrons. The molecule has 0 fully saturated rings. The zero-order valence-corrected chi connectivity index (χ0v) is 15.8.